The van der Waals surface area contributed by atoms with Crippen molar-refractivity contribution in [2.45, 2.75) is 46.0 Å². The van der Waals surface area contributed by atoms with Gasteiger partial charge in [0.05, 0.1) is 18.4 Å². The highest BCUT2D eigenvalue weighted by atomic mass is 16.5. The number of carbonyl (C=O) groups is 2. The molecule has 0 unspecified atom stereocenters. The summed E-state index contributed by atoms with van der Waals surface area (Å²) in [6, 6.07) is 28.1. The highest BCUT2D eigenvalue weighted by molar-refractivity contribution is 5.98. The molecule has 42 heavy (non-hydrogen) atoms. The third kappa shape index (κ3) is 6.43. The molecule has 6 nitrogen and oxygen atoms in total. The highest BCUT2D eigenvalue weighted by Gasteiger charge is 2.28. The molecule has 4 aromatic rings. The van der Waals surface area contributed by atoms with Crippen LogP contribution < -0.4 is 4.74 Å². The van der Waals surface area contributed by atoms with Gasteiger partial charge < -0.3 is 19.1 Å². The Morgan fingerprint density at radius 2 is 1.45 bits per heavy atom. The predicted molar refractivity (Wildman–Crippen MR) is 169 cm³/mol. The van der Waals surface area contributed by atoms with Gasteiger partial charge >= 0.3 is 0 Å². The van der Waals surface area contributed by atoms with Gasteiger partial charge in [-0.2, -0.15) is 0 Å². The van der Waals surface area contributed by atoms with Crippen LogP contribution in [0.3, 0.4) is 0 Å². The van der Waals surface area contributed by atoms with Crippen molar-refractivity contribution < 1.29 is 14.3 Å². The lowest BCUT2D eigenvalue weighted by Crippen LogP contribution is -2.50. The van der Waals surface area contributed by atoms with Crippen LogP contribution in [0.5, 0.6) is 5.75 Å². The lowest BCUT2D eigenvalue weighted by Gasteiger charge is -2.35. The summed E-state index contributed by atoms with van der Waals surface area (Å²) in [4.78, 5) is 30.8. The summed E-state index contributed by atoms with van der Waals surface area (Å²) in [6.45, 7) is 6.26. The van der Waals surface area contributed by atoms with Crippen LogP contribution in [-0.4, -0.2) is 59.5 Å². The number of aryl methyl sites for hydroxylation is 1. The third-order valence-corrected chi connectivity index (χ3v) is 8.23. The average molecular weight is 564 g/mol. The largest absolute Gasteiger partial charge is 0.497 e. The molecule has 3 aromatic carbocycles. The van der Waals surface area contributed by atoms with Crippen molar-refractivity contribution >= 4 is 11.8 Å². The van der Waals surface area contributed by atoms with Crippen molar-refractivity contribution in [1.82, 2.24) is 14.4 Å². The number of hydrogen-bond donors (Lipinski definition) is 0. The van der Waals surface area contributed by atoms with Crippen molar-refractivity contribution in [3.63, 3.8) is 0 Å². The molecule has 1 aliphatic rings. The van der Waals surface area contributed by atoms with E-state index < -0.39 is 0 Å². The number of ether oxygens (including phenoxy) is 1. The predicted octanol–water partition coefficient (Wildman–Crippen LogP) is 7.18. The number of carbonyl (C=O) groups excluding carboxylic acids is 2. The summed E-state index contributed by atoms with van der Waals surface area (Å²) in [5, 5.41) is 0. The van der Waals surface area contributed by atoms with Crippen molar-refractivity contribution in [3.8, 4) is 22.7 Å². The Balaban J connectivity index is 1.29. The van der Waals surface area contributed by atoms with Crippen molar-refractivity contribution in [2.24, 2.45) is 0 Å². The van der Waals surface area contributed by atoms with E-state index in [-0.39, 0.29) is 11.8 Å². The minimum atomic E-state index is -0.00847. The standard InChI is InChI=1S/C36H41N3O3/c1-4-5-6-8-12-28-17-19-30(20-18-28)35(40)37-21-23-38(24-22-37)36(41)33-26-34(29-13-9-7-10-14-29)39(27(33)2)31-15-11-16-32(25-31)42-3/h7,9-11,13-20,25-26H,4-6,8,12,21-24H2,1-3H3. The first-order valence-electron chi connectivity index (χ1n) is 15.1. The number of methoxy groups -OCH3 is 1. The van der Waals surface area contributed by atoms with Crippen LogP contribution >= 0.6 is 0 Å². The van der Waals surface area contributed by atoms with E-state index in [1.54, 1.807) is 7.11 Å². The third-order valence-electron chi connectivity index (χ3n) is 8.23. The van der Waals surface area contributed by atoms with Crippen LogP contribution in [0.1, 0.15) is 64.6 Å². The highest BCUT2D eigenvalue weighted by Crippen LogP contribution is 2.31. The van der Waals surface area contributed by atoms with Crippen LogP contribution in [0, 0.1) is 6.92 Å². The maximum Gasteiger partial charge on any atom is 0.255 e. The zero-order valence-corrected chi connectivity index (χ0v) is 25.0. The normalized spacial score (nSPS) is 13.3. The van der Waals surface area contributed by atoms with Crippen LogP contribution in [0.15, 0.2) is 84.9 Å². The number of aromatic nitrogens is 1. The quantitative estimate of drug-likeness (QED) is 0.192. The Bertz CT molecular complexity index is 1500. The molecule has 0 saturated carbocycles. The summed E-state index contributed by atoms with van der Waals surface area (Å²) in [5.41, 5.74) is 6.46. The van der Waals surface area contributed by atoms with Gasteiger partial charge in [-0.1, -0.05) is 74.7 Å². The van der Waals surface area contributed by atoms with Gasteiger partial charge in [-0.05, 0) is 61.2 Å². The van der Waals surface area contributed by atoms with E-state index in [4.69, 9.17) is 4.74 Å². The van der Waals surface area contributed by atoms with Gasteiger partial charge in [0.2, 0.25) is 0 Å². The maximum absolute atomic E-state index is 13.9. The minimum absolute atomic E-state index is 0.00847. The maximum atomic E-state index is 13.9. The summed E-state index contributed by atoms with van der Waals surface area (Å²) >= 11 is 0. The van der Waals surface area contributed by atoms with E-state index >= 15 is 0 Å². The van der Waals surface area contributed by atoms with Crippen molar-refractivity contribution in [1.29, 1.82) is 0 Å². The molecule has 1 saturated heterocycles. The van der Waals surface area contributed by atoms with Crippen LogP contribution in [0.2, 0.25) is 0 Å². The molecule has 0 bridgehead atoms. The SMILES string of the molecule is CCCCCCc1ccc(C(=O)N2CCN(C(=O)c3cc(-c4ccccc4)n(-c4cccc(OC)c4)c3C)CC2)cc1. The topological polar surface area (TPSA) is 54.8 Å². The first-order valence-corrected chi connectivity index (χ1v) is 15.1. The Kier molecular flexibility index (Phi) is 9.42. The molecule has 1 aromatic heterocycles. The number of rotatable bonds is 10. The van der Waals surface area contributed by atoms with Crippen molar-refractivity contribution in [2.75, 3.05) is 33.3 Å². The number of benzene rings is 3. The fourth-order valence-corrected chi connectivity index (χ4v) is 5.76. The second-order valence-electron chi connectivity index (χ2n) is 11.0. The summed E-state index contributed by atoms with van der Waals surface area (Å²) in [5.74, 6) is 0.784. The molecule has 1 aliphatic heterocycles. The number of hydrogen-bond acceptors (Lipinski definition) is 3. The van der Waals surface area contributed by atoms with Gasteiger partial charge in [0.25, 0.3) is 11.8 Å². The van der Waals surface area contributed by atoms with Gasteiger partial charge in [0.15, 0.2) is 0 Å². The summed E-state index contributed by atoms with van der Waals surface area (Å²) in [7, 11) is 1.66. The molecular weight excluding hydrogens is 522 g/mol. The molecule has 2 heterocycles. The molecule has 5 rings (SSSR count). The van der Waals surface area contributed by atoms with E-state index in [0.717, 1.165) is 34.8 Å². The minimum Gasteiger partial charge on any atom is -0.497 e. The molecule has 0 aliphatic carbocycles. The molecule has 0 spiro atoms. The molecule has 0 N–H and O–H groups in total. The molecule has 0 atom stereocenters. The molecule has 0 radical (unpaired) electrons. The van der Waals surface area contributed by atoms with Gasteiger partial charge in [0.1, 0.15) is 5.75 Å². The molecule has 218 valence electrons. The lowest BCUT2D eigenvalue weighted by molar-refractivity contribution is 0.0535. The monoisotopic (exact) mass is 563 g/mol. The second-order valence-corrected chi connectivity index (χ2v) is 11.0. The first-order chi connectivity index (χ1) is 20.5. The van der Waals surface area contributed by atoms with E-state index in [9.17, 15) is 9.59 Å². The van der Waals surface area contributed by atoms with Gasteiger partial charge in [-0.3, -0.25) is 9.59 Å². The molecule has 2 amide bonds. The van der Waals surface area contributed by atoms with Crippen LogP contribution in [-0.2, 0) is 6.42 Å². The average Bonchev–Trinajstić information content (AvgIpc) is 3.40. The van der Waals surface area contributed by atoms with E-state index in [2.05, 4.69) is 35.8 Å². The van der Waals surface area contributed by atoms with E-state index in [1.165, 1.54) is 31.2 Å². The number of amides is 2. The zero-order chi connectivity index (χ0) is 29.5. The lowest BCUT2D eigenvalue weighted by atomic mass is 10.0. The van der Waals surface area contributed by atoms with E-state index in [0.29, 0.717) is 37.3 Å². The van der Waals surface area contributed by atoms with Crippen LogP contribution in [0.4, 0.5) is 0 Å². The number of nitrogens with zero attached hydrogens (tertiary/aromatic N) is 3. The van der Waals surface area contributed by atoms with Crippen molar-refractivity contribution in [3.05, 3.63) is 107 Å². The summed E-state index contributed by atoms with van der Waals surface area (Å²) in [6.07, 6.45) is 6.00. The zero-order valence-electron chi connectivity index (χ0n) is 25.0. The molecular formula is C36H41N3O3. The smallest absolute Gasteiger partial charge is 0.255 e. The molecule has 6 heteroatoms. The van der Waals surface area contributed by atoms with E-state index in [1.807, 2.05) is 77.4 Å². The summed E-state index contributed by atoms with van der Waals surface area (Å²) < 4.78 is 7.60. The number of unbranched alkanes of at least 4 members (excludes halogenated alkanes) is 3. The number of piperazine rings is 1. The second kappa shape index (κ2) is 13.6. The first kappa shape index (κ1) is 29.2. The Morgan fingerprint density at radius 1 is 0.762 bits per heavy atom. The Morgan fingerprint density at radius 3 is 2.12 bits per heavy atom. The van der Waals surface area contributed by atoms with Crippen LogP contribution in [0.25, 0.3) is 16.9 Å². The Labute approximate surface area is 249 Å². The van der Waals surface area contributed by atoms with Gasteiger partial charge in [-0.25, -0.2) is 0 Å². The Hall–Kier alpha value is -4.32. The fraction of sp³-hybridized carbons (Fsp3) is 0.333. The van der Waals surface area contributed by atoms with Gasteiger partial charge in [0, 0.05) is 49.2 Å². The fourth-order valence-electron chi connectivity index (χ4n) is 5.76. The molecule has 1 fully saturated rings. The van der Waals surface area contributed by atoms with Gasteiger partial charge in [-0.15, -0.1) is 0 Å².